The molecule has 2 rings (SSSR count). The first-order valence-corrected chi connectivity index (χ1v) is 6.14. The Hall–Kier alpha value is -1.36. The lowest BCUT2D eigenvalue weighted by Crippen LogP contribution is -2.20. The number of para-hydroxylation sites is 2. The lowest BCUT2D eigenvalue weighted by Gasteiger charge is -2.19. The lowest BCUT2D eigenvalue weighted by atomic mass is 10.1. The van der Waals surface area contributed by atoms with E-state index in [0.717, 1.165) is 25.9 Å². The zero-order chi connectivity index (χ0) is 12.8. The predicted molar refractivity (Wildman–Crippen MR) is 65.2 cm³/mol. The molecule has 1 aliphatic heterocycles. The molecule has 18 heavy (non-hydrogen) atoms. The van der Waals surface area contributed by atoms with Crippen LogP contribution in [0, 0.1) is 0 Å². The number of nitrogens with one attached hydrogen (secondary N) is 1. The quantitative estimate of drug-likeness (QED) is 0.898. The van der Waals surface area contributed by atoms with E-state index in [0.29, 0.717) is 12.3 Å². The van der Waals surface area contributed by atoms with E-state index in [-0.39, 0.29) is 11.8 Å². The van der Waals surface area contributed by atoms with Crippen LogP contribution in [-0.2, 0) is 4.74 Å². The summed E-state index contributed by atoms with van der Waals surface area (Å²) in [6.45, 7) is -1.33. The number of rotatable bonds is 4. The van der Waals surface area contributed by atoms with Gasteiger partial charge in [0.05, 0.1) is 5.69 Å². The first-order valence-electron chi connectivity index (χ1n) is 6.14. The van der Waals surface area contributed by atoms with E-state index < -0.39 is 6.61 Å². The fourth-order valence-corrected chi connectivity index (χ4v) is 2.05. The van der Waals surface area contributed by atoms with Gasteiger partial charge in [-0.1, -0.05) is 12.1 Å². The highest BCUT2D eigenvalue weighted by atomic mass is 19.3. The summed E-state index contributed by atoms with van der Waals surface area (Å²) >= 11 is 0. The highest BCUT2D eigenvalue weighted by molar-refractivity contribution is 5.56. The highest BCUT2D eigenvalue weighted by Gasteiger charge is 2.15. The van der Waals surface area contributed by atoms with E-state index in [1.165, 1.54) is 0 Å². The van der Waals surface area contributed by atoms with E-state index >= 15 is 0 Å². The van der Waals surface area contributed by atoms with E-state index in [4.69, 9.17) is 4.74 Å². The largest absolute Gasteiger partial charge is 0.433 e. The third-order valence-electron chi connectivity index (χ3n) is 2.91. The maximum atomic E-state index is 12.3. The number of benzene rings is 1. The third-order valence-corrected chi connectivity index (χ3v) is 2.91. The summed E-state index contributed by atoms with van der Waals surface area (Å²) in [5.41, 5.74) is 0.615. The molecule has 1 aromatic rings. The molecule has 1 unspecified atom stereocenters. The molecule has 0 aromatic heterocycles. The first-order chi connectivity index (χ1) is 8.75. The Kier molecular flexibility index (Phi) is 4.75. The Morgan fingerprint density at radius 2 is 2.06 bits per heavy atom. The van der Waals surface area contributed by atoms with Crippen molar-refractivity contribution < 1.29 is 18.3 Å². The number of anilines is 1. The van der Waals surface area contributed by atoms with Crippen LogP contribution in [0.4, 0.5) is 14.5 Å². The molecule has 1 heterocycles. The number of ether oxygens (including phenoxy) is 2. The summed E-state index contributed by atoms with van der Waals surface area (Å²) in [6.07, 6.45) is 2.83. The van der Waals surface area contributed by atoms with Gasteiger partial charge >= 0.3 is 6.61 Å². The fourth-order valence-electron chi connectivity index (χ4n) is 2.05. The van der Waals surface area contributed by atoms with E-state index in [9.17, 15) is 8.78 Å². The van der Waals surface area contributed by atoms with E-state index in [2.05, 4.69) is 10.1 Å². The minimum absolute atomic E-state index is 0.192. The van der Waals surface area contributed by atoms with Crippen molar-refractivity contribution in [3.05, 3.63) is 24.3 Å². The second kappa shape index (κ2) is 6.54. The summed E-state index contributed by atoms with van der Waals surface area (Å²) < 4.78 is 34.4. The number of hydrogen-bond acceptors (Lipinski definition) is 3. The van der Waals surface area contributed by atoms with Gasteiger partial charge in [-0.25, -0.2) is 0 Å². The van der Waals surface area contributed by atoms with Crippen LogP contribution >= 0.6 is 0 Å². The van der Waals surface area contributed by atoms with Gasteiger partial charge in [-0.05, 0) is 31.4 Å². The molecule has 1 atom stereocenters. The van der Waals surface area contributed by atoms with E-state index in [1.807, 2.05) is 0 Å². The normalized spacial score (nSPS) is 20.5. The molecule has 3 nitrogen and oxygen atoms in total. The smallest absolute Gasteiger partial charge is 0.387 e. The number of hydrogen-bond donors (Lipinski definition) is 1. The summed E-state index contributed by atoms with van der Waals surface area (Å²) in [7, 11) is 0. The fraction of sp³-hybridized carbons (Fsp3) is 0.538. The lowest BCUT2D eigenvalue weighted by molar-refractivity contribution is -0.0493. The SMILES string of the molecule is FC(F)Oc1ccccc1NC1CCCOCC1. The summed E-state index contributed by atoms with van der Waals surface area (Å²) in [4.78, 5) is 0. The van der Waals surface area contributed by atoms with Crippen molar-refractivity contribution in [3.8, 4) is 5.75 Å². The molecular formula is C13H17F2NO2. The van der Waals surface area contributed by atoms with Gasteiger partial charge in [0.25, 0.3) is 0 Å². The van der Waals surface area contributed by atoms with Gasteiger partial charge in [-0.15, -0.1) is 0 Å². The second-order valence-corrected chi connectivity index (χ2v) is 4.26. The third kappa shape index (κ3) is 3.84. The average molecular weight is 257 g/mol. The van der Waals surface area contributed by atoms with Gasteiger partial charge in [-0.2, -0.15) is 8.78 Å². The molecule has 1 aliphatic rings. The van der Waals surface area contributed by atoms with Crippen LogP contribution in [0.15, 0.2) is 24.3 Å². The van der Waals surface area contributed by atoms with Crippen molar-refractivity contribution in [2.24, 2.45) is 0 Å². The topological polar surface area (TPSA) is 30.5 Å². The first kappa shape index (κ1) is 13.1. The average Bonchev–Trinajstić information content (AvgIpc) is 2.60. The van der Waals surface area contributed by atoms with Crippen molar-refractivity contribution in [3.63, 3.8) is 0 Å². The molecule has 1 aromatic carbocycles. The molecule has 0 saturated carbocycles. The second-order valence-electron chi connectivity index (χ2n) is 4.26. The summed E-state index contributed by atoms with van der Waals surface area (Å²) in [5, 5.41) is 3.26. The number of halogens is 2. The van der Waals surface area contributed by atoms with Gasteiger partial charge in [0.15, 0.2) is 0 Å². The Morgan fingerprint density at radius 1 is 1.22 bits per heavy atom. The molecule has 0 aliphatic carbocycles. The minimum atomic E-state index is -2.80. The van der Waals surface area contributed by atoms with Crippen LogP contribution in [0.3, 0.4) is 0 Å². The molecule has 100 valence electrons. The van der Waals surface area contributed by atoms with Gasteiger partial charge < -0.3 is 14.8 Å². The number of alkyl halides is 2. The van der Waals surface area contributed by atoms with Crippen LogP contribution < -0.4 is 10.1 Å². The van der Waals surface area contributed by atoms with Crippen molar-refractivity contribution in [1.29, 1.82) is 0 Å². The molecule has 1 N–H and O–H groups in total. The maximum Gasteiger partial charge on any atom is 0.387 e. The highest BCUT2D eigenvalue weighted by Crippen LogP contribution is 2.27. The standard InChI is InChI=1S/C13H17F2NO2/c14-13(15)18-12-6-2-1-5-11(12)16-10-4-3-8-17-9-7-10/h1-2,5-6,10,13,16H,3-4,7-9H2. The van der Waals surface area contributed by atoms with Crippen LogP contribution in [0.1, 0.15) is 19.3 Å². The van der Waals surface area contributed by atoms with Crippen LogP contribution in [-0.4, -0.2) is 25.9 Å². The van der Waals surface area contributed by atoms with Crippen LogP contribution in [0.25, 0.3) is 0 Å². The van der Waals surface area contributed by atoms with Crippen molar-refractivity contribution in [2.45, 2.75) is 31.9 Å². The van der Waals surface area contributed by atoms with Gasteiger partial charge in [0.1, 0.15) is 5.75 Å². The summed E-state index contributed by atoms with van der Waals surface area (Å²) in [5.74, 6) is 0.192. The van der Waals surface area contributed by atoms with Gasteiger partial charge in [-0.3, -0.25) is 0 Å². The zero-order valence-corrected chi connectivity index (χ0v) is 10.1. The molecule has 0 bridgehead atoms. The molecule has 0 spiro atoms. The van der Waals surface area contributed by atoms with E-state index in [1.54, 1.807) is 24.3 Å². The minimum Gasteiger partial charge on any atom is -0.433 e. The molecule has 0 radical (unpaired) electrons. The van der Waals surface area contributed by atoms with Crippen LogP contribution in [0.2, 0.25) is 0 Å². The molecule has 1 fully saturated rings. The van der Waals surface area contributed by atoms with Gasteiger partial charge in [0.2, 0.25) is 0 Å². The Morgan fingerprint density at radius 3 is 2.89 bits per heavy atom. The molecular weight excluding hydrogens is 240 g/mol. The Balaban J connectivity index is 2.02. The Labute approximate surface area is 105 Å². The predicted octanol–water partition coefficient (Wildman–Crippen LogP) is 3.27. The molecule has 5 heteroatoms. The monoisotopic (exact) mass is 257 g/mol. The van der Waals surface area contributed by atoms with Crippen molar-refractivity contribution in [1.82, 2.24) is 0 Å². The Bertz CT molecular complexity index is 366. The molecule has 0 amide bonds. The molecule has 1 saturated heterocycles. The van der Waals surface area contributed by atoms with Crippen LogP contribution in [0.5, 0.6) is 5.75 Å². The van der Waals surface area contributed by atoms with Gasteiger partial charge in [0, 0.05) is 19.3 Å². The van der Waals surface area contributed by atoms with Crippen molar-refractivity contribution in [2.75, 3.05) is 18.5 Å². The van der Waals surface area contributed by atoms with Crippen molar-refractivity contribution >= 4 is 5.69 Å². The summed E-state index contributed by atoms with van der Waals surface area (Å²) in [6, 6.07) is 7.02. The maximum absolute atomic E-state index is 12.3. The zero-order valence-electron chi connectivity index (χ0n) is 10.1.